The van der Waals surface area contributed by atoms with Gasteiger partial charge in [0.2, 0.25) is 0 Å². The van der Waals surface area contributed by atoms with Crippen LogP contribution in [0.5, 0.6) is 0 Å². The van der Waals surface area contributed by atoms with Crippen molar-refractivity contribution < 1.29 is 0 Å². The molecule has 3 heteroatoms. The molecule has 2 rings (SSSR count). The summed E-state index contributed by atoms with van der Waals surface area (Å²) in [6.45, 7) is 0. The van der Waals surface area contributed by atoms with E-state index in [1.165, 1.54) is 12.8 Å². The van der Waals surface area contributed by atoms with E-state index in [0.717, 1.165) is 5.92 Å². The Labute approximate surface area is 71.5 Å². The Bertz CT molecular complexity index is 167. The van der Waals surface area contributed by atoms with Crippen molar-refractivity contribution >= 4 is 28.5 Å². The lowest BCUT2D eigenvalue weighted by molar-refractivity contribution is 0.690. The second-order valence-corrected chi connectivity index (χ2v) is 4.44. The Kier molecular flexibility index (Phi) is 1.73. The van der Waals surface area contributed by atoms with Crippen LogP contribution in [0.3, 0.4) is 0 Å². The highest BCUT2D eigenvalue weighted by molar-refractivity contribution is 7.34. The van der Waals surface area contributed by atoms with Gasteiger partial charge in [-0.15, -0.1) is 0 Å². The highest BCUT2D eigenvalue weighted by Gasteiger charge is 2.40. The van der Waals surface area contributed by atoms with E-state index in [0.29, 0.717) is 11.7 Å². The van der Waals surface area contributed by atoms with Crippen LogP contribution >= 0.6 is 22.9 Å². The van der Waals surface area contributed by atoms with Crippen molar-refractivity contribution in [3.8, 4) is 0 Å². The first-order valence-electron chi connectivity index (χ1n) is 3.74. The molecule has 0 saturated heterocycles. The minimum absolute atomic E-state index is 0.153. The van der Waals surface area contributed by atoms with Crippen LogP contribution in [-0.2, 0) is 0 Å². The van der Waals surface area contributed by atoms with Gasteiger partial charge in [0, 0.05) is 0 Å². The molecule has 0 heterocycles. The lowest BCUT2D eigenvalue weighted by atomic mass is 9.75. The monoisotopic (exact) mass is 174 g/mol. The van der Waals surface area contributed by atoms with Crippen LogP contribution in [0.2, 0.25) is 5.82 Å². The summed E-state index contributed by atoms with van der Waals surface area (Å²) < 4.78 is 0. The molecule has 0 spiro atoms. The predicted molar refractivity (Wildman–Crippen MR) is 46.6 cm³/mol. The molecule has 0 aromatic rings. The van der Waals surface area contributed by atoms with Gasteiger partial charge >= 0.3 is 5.54 Å². The molecule has 0 nitrogen and oxygen atoms in total. The predicted octanol–water partition coefficient (Wildman–Crippen LogP) is 2.92. The van der Waals surface area contributed by atoms with E-state index >= 15 is 0 Å². The molecule has 0 aromatic carbocycles. The Morgan fingerprint density at radius 3 is 2.30 bits per heavy atom. The number of rotatable bonds is 1. The summed E-state index contributed by atoms with van der Waals surface area (Å²) >= 11 is 11.6. The molecule has 2 aliphatic rings. The van der Waals surface area contributed by atoms with E-state index in [4.69, 9.17) is 22.9 Å². The minimum atomic E-state index is -0.153. The summed E-state index contributed by atoms with van der Waals surface area (Å²) in [7, 11) is 0. The van der Waals surface area contributed by atoms with Crippen LogP contribution in [0, 0.1) is 11.8 Å². The van der Waals surface area contributed by atoms with Crippen molar-refractivity contribution in [3.63, 3.8) is 0 Å². The van der Waals surface area contributed by atoms with Gasteiger partial charge in [0.25, 0.3) is 0 Å². The Morgan fingerprint density at radius 1 is 1.20 bits per heavy atom. The SMILES string of the molecule is ClB(Cl)[C@@H]1C[C@H]2C=C[C@@H]1C2. The van der Waals surface area contributed by atoms with Crippen molar-refractivity contribution in [1.29, 1.82) is 0 Å². The first-order valence-corrected chi connectivity index (χ1v) is 4.61. The second-order valence-electron chi connectivity index (χ2n) is 3.28. The van der Waals surface area contributed by atoms with Gasteiger partial charge in [0.1, 0.15) is 0 Å². The van der Waals surface area contributed by atoms with E-state index in [9.17, 15) is 0 Å². The van der Waals surface area contributed by atoms with E-state index < -0.39 is 0 Å². The molecule has 2 aliphatic carbocycles. The molecular formula is C7H9BCl2. The quantitative estimate of drug-likeness (QED) is 0.424. The number of allylic oxidation sites excluding steroid dienone is 2. The average Bonchev–Trinajstić information content (AvgIpc) is 2.44. The lowest BCUT2D eigenvalue weighted by Crippen LogP contribution is -2.11. The number of hydrogen-bond donors (Lipinski definition) is 0. The van der Waals surface area contributed by atoms with Crippen LogP contribution in [0.4, 0.5) is 0 Å². The van der Waals surface area contributed by atoms with Gasteiger partial charge in [-0.3, -0.25) is 0 Å². The van der Waals surface area contributed by atoms with Crippen molar-refractivity contribution in [2.45, 2.75) is 18.7 Å². The maximum absolute atomic E-state index is 5.81. The molecule has 0 radical (unpaired) electrons. The molecule has 0 N–H and O–H groups in total. The molecule has 0 unspecified atom stereocenters. The molecule has 3 atom stereocenters. The van der Waals surface area contributed by atoms with Crippen molar-refractivity contribution in [1.82, 2.24) is 0 Å². The van der Waals surface area contributed by atoms with Crippen molar-refractivity contribution in [3.05, 3.63) is 12.2 Å². The van der Waals surface area contributed by atoms with Gasteiger partial charge in [0.15, 0.2) is 0 Å². The molecular weight excluding hydrogens is 166 g/mol. The largest absolute Gasteiger partial charge is 0.355 e. The molecule has 2 bridgehead atoms. The summed E-state index contributed by atoms with van der Waals surface area (Å²) in [4.78, 5) is 0. The van der Waals surface area contributed by atoms with Gasteiger partial charge in [0.05, 0.1) is 0 Å². The van der Waals surface area contributed by atoms with Gasteiger partial charge in [-0.05, 0) is 30.5 Å². The smallest absolute Gasteiger partial charge is 0.171 e. The molecule has 1 fully saturated rings. The summed E-state index contributed by atoms with van der Waals surface area (Å²) in [6.07, 6.45) is 7.08. The summed E-state index contributed by atoms with van der Waals surface area (Å²) in [5.41, 5.74) is -0.153. The maximum atomic E-state index is 5.81. The average molecular weight is 175 g/mol. The third-order valence-corrected chi connectivity index (χ3v) is 3.30. The normalized spacial score (nSPS) is 42.8. The van der Waals surface area contributed by atoms with Crippen molar-refractivity contribution in [2.75, 3.05) is 0 Å². The molecule has 0 aromatic heterocycles. The molecule has 10 heavy (non-hydrogen) atoms. The zero-order valence-corrected chi connectivity index (χ0v) is 7.15. The highest BCUT2D eigenvalue weighted by atomic mass is 35.5. The zero-order valence-electron chi connectivity index (χ0n) is 5.63. The fraction of sp³-hybridized carbons (Fsp3) is 0.714. The van der Waals surface area contributed by atoms with Gasteiger partial charge in [-0.2, -0.15) is 22.9 Å². The Balaban J connectivity index is 2.09. The fourth-order valence-electron chi connectivity index (χ4n) is 2.11. The summed E-state index contributed by atoms with van der Waals surface area (Å²) in [6, 6.07) is 0. The minimum Gasteiger partial charge on any atom is -0.171 e. The zero-order chi connectivity index (χ0) is 7.14. The molecule has 0 amide bonds. The highest BCUT2D eigenvalue weighted by Crippen LogP contribution is 2.49. The standard InChI is InChI=1S/C7H9BCl2/c9-8(10)7-4-5-1-2-6(7)3-5/h1-2,5-7H,3-4H2/t5-,6+,7+/m0/s1. The third kappa shape index (κ3) is 1.000. The summed E-state index contributed by atoms with van der Waals surface area (Å²) in [5.74, 6) is 2.01. The first-order chi connectivity index (χ1) is 4.77. The van der Waals surface area contributed by atoms with Gasteiger partial charge < -0.3 is 0 Å². The van der Waals surface area contributed by atoms with Crippen LogP contribution in [0.25, 0.3) is 0 Å². The molecule has 54 valence electrons. The van der Waals surface area contributed by atoms with Crippen LogP contribution in [-0.4, -0.2) is 5.54 Å². The number of halogens is 2. The maximum Gasteiger partial charge on any atom is 0.355 e. The first kappa shape index (κ1) is 7.06. The van der Waals surface area contributed by atoms with E-state index in [1.54, 1.807) is 0 Å². The van der Waals surface area contributed by atoms with E-state index in [2.05, 4.69) is 12.2 Å². The lowest BCUT2D eigenvalue weighted by Gasteiger charge is -2.15. The topological polar surface area (TPSA) is 0 Å². The van der Waals surface area contributed by atoms with Crippen molar-refractivity contribution in [2.24, 2.45) is 11.8 Å². The number of hydrogen-bond acceptors (Lipinski definition) is 0. The fourth-order valence-corrected chi connectivity index (χ4v) is 2.69. The van der Waals surface area contributed by atoms with Crippen LogP contribution in [0.1, 0.15) is 12.8 Å². The van der Waals surface area contributed by atoms with Gasteiger partial charge in [-0.1, -0.05) is 12.2 Å². The number of fused-ring (bicyclic) bond motifs is 2. The Hall–Kier alpha value is 0.385. The molecule has 1 saturated carbocycles. The van der Waals surface area contributed by atoms with Crippen LogP contribution < -0.4 is 0 Å². The van der Waals surface area contributed by atoms with Crippen LogP contribution in [0.15, 0.2) is 12.2 Å². The van der Waals surface area contributed by atoms with E-state index in [1.807, 2.05) is 0 Å². The van der Waals surface area contributed by atoms with E-state index in [-0.39, 0.29) is 5.54 Å². The summed E-state index contributed by atoms with van der Waals surface area (Å²) in [5, 5.41) is 0. The Morgan fingerprint density at radius 2 is 2.00 bits per heavy atom. The third-order valence-electron chi connectivity index (χ3n) is 2.65. The molecule has 0 aliphatic heterocycles. The van der Waals surface area contributed by atoms with Gasteiger partial charge in [-0.25, -0.2) is 0 Å². The second kappa shape index (κ2) is 2.46.